The van der Waals surface area contributed by atoms with E-state index in [1.165, 1.54) is 0 Å². The fraction of sp³-hybridized carbons (Fsp3) is 0.450. The Morgan fingerprint density at radius 3 is 2.86 bits per heavy atom. The molecular formula is C20H27N5O2S. The Morgan fingerprint density at radius 2 is 2.18 bits per heavy atom. The van der Waals surface area contributed by atoms with Gasteiger partial charge in [0.25, 0.3) is 0 Å². The van der Waals surface area contributed by atoms with Gasteiger partial charge in [-0.25, -0.2) is 4.98 Å². The molecule has 0 saturated carbocycles. The molecule has 1 saturated heterocycles. The summed E-state index contributed by atoms with van der Waals surface area (Å²) in [6.07, 6.45) is 1.49. The number of amides is 1. The number of thiazole rings is 1. The molecule has 1 aliphatic rings. The van der Waals surface area contributed by atoms with Crippen molar-refractivity contribution >= 4 is 23.2 Å². The molecule has 1 unspecified atom stereocenters. The highest BCUT2D eigenvalue weighted by Gasteiger charge is 2.25. The normalized spacial score (nSPS) is 16.9. The van der Waals surface area contributed by atoms with Crippen LogP contribution in [0.15, 0.2) is 34.6 Å². The molecule has 1 aromatic heterocycles. The van der Waals surface area contributed by atoms with Gasteiger partial charge in [-0.15, -0.1) is 11.3 Å². The molecule has 0 radical (unpaired) electrons. The second kappa shape index (κ2) is 9.54. The first kappa shape index (κ1) is 20.1. The van der Waals surface area contributed by atoms with Crippen LogP contribution in [0.5, 0.6) is 5.75 Å². The zero-order valence-corrected chi connectivity index (χ0v) is 17.4. The number of ether oxygens (including phenoxy) is 1. The van der Waals surface area contributed by atoms with E-state index >= 15 is 0 Å². The zero-order valence-electron chi connectivity index (χ0n) is 16.6. The highest BCUT2D eigenvalue weighted by atomic mass is 32.1. The van der Waals surface area contributed by atoms with Gasteiger partial charge in [-0.05, 0) is 30.7 Å². The summed E-state index contributed by atoms with van der Waals surface area (Å²) in [5, 5.41) is 9.75. The summed E-state index contributed by atoms with van der Waals surface area (Å²) in [6.45, 7) is 4.03. The molecule has 1 amide bonds. The van der Waals surface area contributed by atoms with Crippen LogP contribution in [0.4, 0.5) is 0 Å². The SMILES string of the molecule is CCC(=O)N1CCC(NC(=NC)NCc2csc(-c3ccc(OC)cc3)n2)C1. The smallest absolute Gasteiger partial charge is 0.222 e. The van der Waals surface area contributed by atoms with E-state index in [0.29, 0.717) is 13.0 Å². The molecular weight excluding hydrogens is 374 g/mol. The largest absolute Gasteiger partial charge is 0.497 e. The van der Waals surface area contributed by atoms with Gasteiger partial charge < -0.3 is 20.3 Å². The summed E-state index contributed by atoms with van der Waals surface area (Å²) >= 11 is 1.62. The predicted molar refractivity (Wildman–Crippen MR) is 113 cm³/mol. The number of guanidine groups is 1. The Balaban J connectivity index is 1.52. The van der Waals surface area contributed by atoms with Crippen LogP contribution in [-0.2, 0) is 11.3 Å². The van der Waals surface area contributed by atoms with Crippen LogP contribution in [0.2, 0.25) is 0 Å². The molecule has 2 heterocycles. The van der Waals surface area contributed by atoms with Crippen LogP contribution < -0.4 is 15.4 Å². The molecule has 8 heteroatoms. The van der Waals surface area contributed by atoms with Crippen LogP contribution in [-0.4, -0.2) is 55.0 Å². The quantitative estimate of drug-likeness (QED) is 0.574. The Kier molecular flexibility index (Phi) is 6.86. The first-order chi connectivity index (χ1) is 13.6. The number of nitrogens with one attached hydrogen (secondary N) is 2. The number of carbonyl (C=O) groups is 1. The van der Waals surface area contributed by atoms with Crippen molar-refractivity contribution in [1.82, 2.24) is 20.5 Å². The average molecular weight is 402 g/mol. The molecule has 3 rings (SSSR count). The van der Waals surface area contributed by atoms with Crippen molar-refractivity contribution in [3.8, 4) is 16.3 Å². The summed E-state index contributed by atoms with van der Waals surface area (Å²) in [6, 6.07) is 8.13. The lowest BCUT2D eigenvalue weighted by atomic mass is 10.2. The van der Waals surface area contributed by atoms with Crippen molar-refractivity contribution in [2.45, 2.75) is 32.4 Å². The van der Waals surface area contributed by atoms with Crippen molar-refractivity contribution in [3.05, 3.63) is 35.3 Å². The lowest BCUT2D eigenvalue weighted by Crippen LogP contribution is -2.44. The fourth-order valence-electron chi connectivity index (χ4n) is 3.14. The van der Waals surface area contributed by atoms with Gasteiger partial charge in [0.2, 0.25) is 5.91 Å². The lowest BCUT2D eigenvalue weighted by molar-refractivity contribution is -0.129. The maximum Gasteiger partial charge on any atom is 0.222 e. The number of methoxy groups -OCH3 is 1. The van der Waals surface area contributed by atoms with Crippen LogP contribution in [0, 0.1) is 0 Å². The summed E-state index contributed by atoms with van der Waals surface area (Å²) in [5.74, 6) is 1.78. The number of benzene rings is 1. The Labute approximate surface area is 169 Å². The molecule has 7 nitrogen and oxygen atoms in total. The highest BCUT2D eigenvalue weighted by Crippen LogP contribution is 2.25. The summed E-state index contributed by atoms with van der Waals surface area (Å²) < 4.78 is 5.20. The summed E-state index contributed by atoms with van der Waals surface area (Å²) in [4.78, 5) is 22.7. The van der Waals surface area contributed by atoms with Gasteiger partial charge in [0.1, 0.15) is 10.8 Å². The van der Waals surface area contributed by atoms with Crippen molar-refractivity contribution < 1.29 is 9.53 Å². The van der Waals surface area contributed by atoms with E-state index in [4.69, 9.17) is 9.72 Å². The molecule has 0 aliphatic carbocycles. The molecule has 1 aromatic carbocycles. The summed E-state index contributed by atoms with van der Waals surface area (Å²) in [5.41, 5.74) is 2.04. The molecule has 0 bridgehead atoms. The number of rotatable bonds is 6. The summed E-state index contributed by atoms with van der Waals surface area (Å²) in [7, 11) is 3.41. The Morgan fingerprint density at radius 1 is 1.39 bits per heavy atom. The number of carbonyl (C=O) groups excluding carboxylic acids is 1. The molecule has 1 fully saturated rings. The molecule has 28 heavy (non-hydrogen) atoms. The highest BCUT2D eigenvalue weighted by molar-refractivity contribution is 7.13. The number of hydrogen-bond donors (Lipinski definition) is 2. The third-order valence-corrected chi connectivity index (χ3v) is 5.67. The topological polar surface area (TPSA) is 78.9 Å². The Hall–Kier alpha value is -2.61. The molecule has 150 valence electrons. The van der Waals surface area contributed by atoms with E-state index in [2.05, 4.69) is 21.0 Å². The van der Waals surface area contributed by atoms with Gasteiger partial charge in [0.15, 0.2) is 5.96 Å². The number of likely N-dealkylation sites (tertiary alicyclic amines) is 1. The number of nitrogens with zero attached hydrogens (tertiary/aromatic N) is 3. The van der Waals surface area contributed by atoms with E-state index in [1.807, 2.05) is 36.1 Å². The van der Waals surface area contributed by atoms with Gasteiger partial charge in [0.05, 0.1) is 19.3 Å². The first-order valence-electron chi connectivity index (χ1n) is 9.46. The van der Waals surface area contributed by atoms with Crippen molar-refractivity contribution in [3.63, 3.8) is 0 Å². The van der Waals surface area contributed by atoms with E-state index in [-0.39, 0.29) is 11.9 Å². The van der Waals surface area contributed by atoms with Crippen LogP contribution in [0.1, 0.15) is 25.5 Å². The average Bonchev–Trinajstić information content (AvgIpc) is 3.40. The second-order valence-corrected chi connectivity index (χ2v) is 7.48. The van der Waals surface area contributed by atoms with Gasteiger partial charge in [-0.2, -0.15) is 0 Å². The maximum absolute atomic E-state index is 11.8. The molecule has 1 aliphatic heterocycles. The van der Waals surface area contributed by atoms with Crippen LogP contribution in [0.25, 0.3) is 10.6 Å². The monoisotopic (exact) mass is 401 g/mol. The van der Waals surface area contributed by atoms with Crippen LogP contribution in [0.3, 0.4) is 0 Å². The van der Waals surface area contributed by atoms with Gasteiger partial charge >= 0.3 is 0 Å². The minimum absolute atomic E-state index is 0.209. The van der Waals surface area contributed by atoms with E-state index in [0.717, 1.165) is 47.5 Å². The minimum Gasteiger partial charge on any atom is -0.497 e. The van der Waals surface area contributed by atoms with Gasteiger partial charge in [-0.1, -0.05) is 6.92 Å². The zero-order chi connectivity index (χ0) is 19.9. The third-order valence-electron chi connectivity index (χ3n) is 4.73. The van der Waals surface area contributed by atoms with E-state index in [9.17, 15) is 4.79 Å². The van der Waals surface area contributed by atoms with E-state index < -0.39 is 0 Å². The number of aliphatic imine (C=N–C) groups is 1. The minimum atomic E-state index is 0.209. The second-order valence-electron chi connectivity index (χ2n) is 6.62. The van der Waals surface area contributed by atoms with E-state index in [1.54, 1.807) is 25.5 Å². The molecule has 2 N–H and O–H groups in total. The molecule has 1 atom stereocenters. The van der Waals surface area contributed by atoms with Crippen molar-refractivity contribution in [1.29, 1.82) is 0 Å². The van der Waals surface area contributed by atoms with Gasteiger partial charge in [0, 0.05) is 43.5 Å². The number of aromatic nitrogens is 1. The van der Waals surface area contributed by atoms with Crippen LogP contribution >= 0.6 is 11.3 Å². The maximum atomic E-state index is 11.8. The standard InChI is InChI=1S/C20H27N5O2S/c1-4-18(26)25-10-9-15(12-25)24-20(21-2)22-11-16-13-28-19(23-16)14-5-7-17(27-3)8-6-14/h5-8,13,15H,4,9-12H2,1-3H3,(H2,21,22,24). The van der Waals surface area contributed by atoms with Gasteiger partial charge in [-0.3, -0.25) is 9.79 Å². The molecule has 0 spiro atoms. The van der Waals surface area contributed by atoms with Crippen molar-refractivity contribution in [2.24, 2.45) is 4.99 Å². The molecule has 2 aromatic rings. The first-order valence-corrected chi connectivity index (χ1v) is 10.3. The van der Waals surface area contributed by atoms with Crippen molar-refractivity contribution in [2.75, 3.05) is 27.2 Å². The predicted octanol–water partition coefficient (Wildman–Crippen LogP) is 2.49. The third kappa shape index (κ3) is 5.01. The fourth-order valence-corrected chi connectivity index (χ4v) is 3.97. The Bertz CT molecular complexity index is 818. The lowest BCUT2D eigenvalue weighted by Gasteiger charge is -2.18. The number of hydrogen-bond acceptors (Lipinski definition) is 5.